The van der Waals surface area contributed by atoms with Gasteiger partial charge in [0.2, 0.25) is 0 Å². The van der Waals surface area contributed by atoms with Crippen LogP contribution < -0.4 is 20.1 Å². The Labute approximate surface area is 157 Å². The van der Waals surface area contributed by atoms with Gasteiger partial charge in [-0.1, -0.05) is 0 Å². The minimum absolute atomic E-state index is 0.123. The molecule has 2 rings (SSSR count). The molecule has 0 radical (unpaired) electrons. The SMILES string of the molecule is COc1ccc(NC(=O)OCCCOC(=O)Nc2ccc(OC)cc2)cc1. The molecule has 8 nitrogen and oxygen atoms in total. The average Bonchev–Trinajstić information content (AvgIpc) is 2.69. The molecule has 2 aromatic carbocycles. The van der Waals surface area contributed by atoms with E-state index in [1.165, 1.54) is 0 Å². The summed E-state index contributed by atoms with van der Waals surface area (Å²) in [6.07, 6.45) is -0.780. The third-order valence-electron chi connectivity index (χ3n) is 3.43. The Balaban J connectivity index is 1.58. The first-order valence-corrected chi connectivity index (χ1v) is 8.26. The van der Waals surface area contributed by atoms with E-state index in [1.54, 1.807) is 62.8 Å². The van der Waals surface area contributed by atoms with Crippen molar-refractivity contribution in [3.05, 3.63) is 48.5 Å². The summed E-state index contributed by atoms with van der Waals surface area (Å²) in [5.41, 5.74) is 1.19. The van der Waals surface area contributed by atoms with Gasteiger partial charge in [0.25, 0.3) is 0 Å². The zero-order valence-electron chi connectivity index (χ0n) is 15.2. The number of rotatable bonds is 8. The lowest BCUT2D eigenvalue weighted by Crippen LogP contribution is -2.17. The standard InChI is InChI=1S/C19H22N2O6/c1-24-16-8-4-14(5-9-16)20-18(22)26-12-3-13-27-19(23)21-15-6-10-17(25-2)11-7-15/h4-11H,3,12-13H2,1-2H3,(H,20,22)(H,21,23). The first-order chi connectivity index (χ1) is 13.1. The summed E-state index contributed by atoms with van der Waals surface area (Å²) < 4.78 is 20.1. The fraction of sp³-hybridized carbons (Fsp3) is 0.263. The number of hydrogen-bond donors (Lipinski definition) is 2. The Kier molecular flexibility index (Phi) is 7.77. The van der Waals surface area contributed by atoms with E-state index >= 15 is 0 Å². The summed E-state index contributed by atoms with van der Waals surface area (Å²) in [5, 5.41) is 5.18. The van der Waals surface area contributed by atoms with Crippen molar-refractivity contribution in [2.75, 3.05) is 38.1 Å². The number of anilines is 2. The highest BCUT2D eigenvalue weighted by Crippen LogP contribution is 2.16. The van der Waals surface area contributed by atoms with E-state index < -0.39 is 12.2 Å². The number of carbonyl (C=O) groups excluding carboxylic acids is 2. The van der Waals surface area contributed by atoms with Gasteiger partial charge in [0.15, 0.2) is 0 Å². The highest BCUT2D eigenvalue weighted by molar-refractivity contribution is 5.85. The van der Waals surface area contributed by atoms with Gasteiger partial charge < -0.3 is 18.9 Å². The van der Waals surface area contributed by atoms with Crippen LogP contribution in [0.2, 0.25) is 0 Å². The van der Waals surface area contributed by atoms with Crippen LogP contribution in [-0.2, 0) is 9.47 Å². The minimum atomic E-state index is -0.581. The van der Waals surface area contributed by atoms with E-state index in [0.29, 0.717) is 29.3 Å². The summed E-state index contributed by atoms with van der Waals surface area (Å²) in [5.74, 6) is 1.39. The third kappa shape index (κ3) is 7.15. The van der Waals surface area contributed by atoms with Crippen molar-refractivity contribution in [2.24, 2.45) is 0 Å². The van der Waals surface area contributed by atoms with Crippen molar-refractivity contribution in [2.45, 2.75) is 6.42 Å². The predicted molar refractivity (Wildman–Crippen MR) is 101 cm³/mol. The van der Waals surface area contributed by atoms with Gasteiger partial charge in [-0.3, -0.25) is 10.6 Å². The topological polar surface area (TPSA) is 95.1 Å². The highest BCUT2D eigenvalue weighted by atomic mass is 16.6. The summed E-state index contributed by atoms with van der Waals surface area (Å²) in [4.78, 5) is 23.3. The zero-order chi connectivity index (χ0) is 19.5. The van der Waals surface area contributed by atoms with Gasteiger partial charge in [0.05, 0.1) is 27.4 Å². The molecule has 0 atom stereocenters. The second kappa shape index (κ2) is 10.5. The first kappa shape index (κ1) is 19.9. The van der Waals surface area contributed by atoms with Crippen molar-refractivity contribution in [1.29, 1.82) is 0 Å². The summed E-state index contributed by atoms with van der Waals surface area (Å²) in [7, 11) is 3.13. The Bertz CT molecular complexity index is 667. The van der Waals surface area contributed by atoms with E-state index in [4.69, 9.17) is 18.9 Å². The molecule has 0 aromatic heterocycles. The lowest BCUT2D eigenvalue weighted by molar-refractivity contribution is 0.133. The minimum Gasteiger partial charge on any atom is -0.497 e. The van der Waals surface area contributed by atoms with E-state index in [9.17, 15) is 9.59 Å². The van der Waals surface area contributed by atoms with Crippen LogP contribution in [0.15, 0.2) is 48.5 Å². The van der Waals surface area contributed by atoms with Crippen LogP contribution in [-0.4, -0.2) is 39.6 Å². The fourth-order valence-electron chi connectivity index (χ4n) is 2.05. The molecular formula is C19H22N2O6. The van der Waals surface area contributed by atoms with Crippen molar-refractivity contribution in [3.8, 4) is 11.5 Å². The second-order valence-corrected chi connectivity index (χ2v) is 5.33. The summed E-state index contributed by atoms with van der Waals surface area (Å²) >= 11 is 0. The van der Waals surface area contributed by atoms with Gasteiger partial charge >= 0.3 is 12.2 Å². The number of carbonyl (C=O) groups is 2. The van der Waals surface area contributed by atoms with Crippen molar-refractivity contribution in [1.82, 2.24) is 0 Å². The van der Waals surface area contributed by atoms with Gasteiger partial charge in [-0.05, 0) is 48.5 Å². The molecule has 0 aliphatic carbocycles. The number of amides is 2. The van der Waals surface area contributed by atoms with E-state index in [-0.39, 0.29) is 13.2 Å². The molecule has 0 bridgehead atoms. The molecule has 27 heavy (non-hydrogen) atoms. The molecule has 0 aliphatic rings. The Morgan fingerprint density at radius 1 is 0.704 bits per heavy atom. The molecule has 0 saturated carbocycles. The number of hydrogen-bond acceptors (Lipinski definition) is 6. The molecule has 8 heteroatoms. The summed E-state index contributed by atoms with van der Waals surface area (Å²) in [6, 6.07) is 13.7. The maximum absolute atomic E-state index is 11.7. The molecule has 0 unspecified atom stereocenters. The normalized spacial score (nSPS) is 9.85. The molecule has 2 N–H and O–H groups in total. The molecule has 2 amide bonds. The average molecular weight is 374 g/mol. The van der Waals surface area contributed by atoms with Crippen LogP contribution in [0.4, 0.5) is 21.0 Å². The molecular weight excluding hydrogens is 352 g/mol. The van der Waals surface area contributed by atoms with Crippen LogP contribution in [0.25, 0.3) is 0 Å². The number of nitrogens with one attached hydrogen (secondary N) is 2. The smallest absolute Gasteiger partial charge is 0.411 e. The molecule has 144 valence electrons. The molecule has 0 saturated heterocycles. The van der Waals surface area contributed by atoms with Gasteiger partial charge in [-0.25, -0.2) is 9.59 Å². The number of ether oxygens (including phenoxy) is 4. The van der Waals surface area contributed by atoms with E-state index in [2.05, 4.69) is 10.6 Å². The lowest BCUT2D eigenvalue weighted by atomic mass is 10.3. The molecule has 0 heterocycles. The first-order valence-electron chi connectivity index (χ1n) is 8.26. The largest absolute Gasteiger partial charge is 0.497 e. The Morgan fingerprint density at radius 3 is 1.41 bits per heavy atom. The third-order valence-corrected chi connectivity index (χ3v) is 3.43. The van der Waals surface area contributed by atoms with Gasteiger partial charge in [0, 0.05) is 17.8 Å². The van der Waals surface area contributed by atoms with E-state index in [0.717, 1.165) is 0 Å². The fourth-order valence-corrected chi connectivity index (χ4v) is 2.05. The van der Waals surface area contributed by atoms with E-state index in [1.807, 2.05) is 0 Å². The monoisotopic (exact) mass is 374 g/mol. The van der Waals surface area contributed by atoms with Crippen LogP contribution >= 0.6 is 0 Å². The Hall–Kier alpha value is -3.42. The van der Waals surface area contributed by atoms with Crippen LogP contribution in [0, 0.1) is 0 Å². The molecule has 0 aliphatic heterocycles. The van der Waals surface area contributed by atoms with Gasteiger partial charge in [0.1, 0.15) is 11.5 Å². The lowest BCUT2D eigenvalue weighted by Gasteiger charge is -2.09. The maximum atomic E-state index is 11.7. The van der Waals surface area contributed by atoms with Gasteiger partial charge in [-0.15, -0.1) is 0 Å². The van der Waals surface area contributed by atoms with Crippen LogP contribution in [0.3, 0.4) is 0 Å². The highest BCUT2D eigenvalue weighted by Gasteiger charge is 2.05. The number of benzene rings is 2. The van der Waals surface area contributed by atoms with Crippen molar-refractivity contribution < 1.29 is 28.5 Å². The Morgan fingerprint density at radius 2 is 1.07 bits per heavy atom. The zero-order valence-corrected chi connectivity index (χ0v) is 15.2. The maximum Gasteiger partial charge on any atom is 0.411 e. The van der Waals surface area contributed by atoms with Crippen LogP contribution in [0.1, 0.15) is 6.42 Å². The molecule has 0 spiro atoms. The number of methoxy groups -OCH3 is 2. The second-order valence-electron chi connectivity index (χ2n) is 5.33. The van der Waals surface area contributed by atoms with Gasteiger partial charge in [-0.2, -0.15) is 0 Å². The van der Waals surface area contributed by atoms with Crippen LogP contribution in [0.5, 0.6) is 11.5 Å². The van der Waals surface area contributed by atoms with Crippen molar-refractivity contribution >= 4 is 23.6 Å². The quantitative estimate of drug-likeness (QED) is 0.681. The molecule has 2 aromatic rings. The van der Waals surface area contributed by atoms with Crippen molar-refractivity contribution in [3.63, 3.8) is 0 Å². The molecule has 0 fully saturated rings. The predicted octanol–water partition coefficient (Wildman–Crippen LogP) is 3.89. The summed E-state index contributed by atoms with van der Waals surface area (Å²) in [6.45, 7) is 0.246.